The number of rotatable bonds is 7. The summed E-state index contributed by atoms with van der Waals surface area (Å²) in [6.07, 6.45) is 1.08. The first-order chi connectivity index (χ1) is 11.3. The molecule has 8 heteroatoms. The van der Waals surface area contributed by atoms with E-state index in [9.17, 15) is 14.4 Å². The molecule has 1 amide bonds. The Labute approximate surface area is 143 Å². The van der Waals surface area contributed by atoms with E-state index < -0.39 is 5.97 Å². The highest BCUT2D eigenvalue weighted by Crippen LogP contribution is 2.25. The van der Waals surface area contributed by atoms with Gasteiger partial charge in [-0.2, -0.15) is 0 Å². The molecule has 0 saturated heterocycles. The van der Waals surface area contributed by atoms with Crippen LogP contribution in [0.25, 0.3) is 10.2 Å². The number of fused-ring (bicyclic) bond motifs is 1. The van der Waals surface area contributed by atoms with Gasteiger partial charge in [0.05, 0.1) is 5.39 Å². The third kappa shape index (κ3) is 4.00. The summed E-state index contributed by atoms with van der Waals surface area (Å²) in [5.41, 5.74) is 0.738. The summed E-state index contributed by atoms with van der Waals surface area (Å²) in [7, 11) is 0. The second kappa shape index (κ2) is 7.57. The van der Waals surface area contributed by atoms with E-state index in [1.807, 2.05) is 20.8 Å². The second-order valence-electron chi connectivity index (χ2n) is 5.69. The van der Waals surface area contributed by atoms with Crippen molar-refractivity contribution in [3.8, 4) is 0 Å². The van der Waals surface area contributed by atoms with Crippen LogP contribution < -0.4 is 5.56 Å². The number of thiophene rings is 1. The number of nitrogens with zero attached hydrogens (tertiary/aromatic N) is 2. The van der Waals surface area contributed by atoms with Crippen LogP contribution in [-0.2, 0) is 16.0 Å². The molecule has 0 saturated carbocycles. The van der Waals surface area contributed by atoms with E-state index in [1.165, 1.54) is 16.2 Å². The van der Waals surface area contributed by atoms with E-state index in [4.69, 9.17) is 5.11 Å². The average Bonchev–Trinajstić information content (AvgIpc) is 2.79. The van der Waals surface area contributed by atoms with Gasteiger partial charge in [0.1, 0.15) is 17.2 Å². The first-order valence-corrected chi connectivity index (χ1v) is 8.63. The maximum atomic E-state index is 12.2. The first-order valence-electron chi connectivity index (χ1n) is 7.82. The molecular formula is C16H21N3O4S. The quantitative estimate of drug-likeness (QED) is 0.792. The average molecular weight is 351 g/mol. The normalized spacial score (nSPS) is 11.0. The van der Waals surface area contributed by atoms with Crippen molar-refractivity contribution in [2.24, 2.45) is 0 Å². The first kappa shape index (κ1) is 18.1. The van der Waals surface area contributed by atoms with Gasteiger partial charge in [-0.3, -0.25) is 14.4 Å². The summed E-state index contributed by atoms with van der Waals surface area (Å²) < 4.78 is 0. The van der Waals surface area contributed by atoms with Crippen molar-refractivity contribution in [3.63, 3.8) is 0 Å². The van der Waals surface area contributed by atoms with Gasteiger partial charge in [0.25, 0.3) is 5.56 Å². The van der Waals surface area contributed by atoms with Crippen LogP contribution in [0.5, 0.6) is 0 Å². The Morgan fingerprint density at radius 3 is 2.67 bits per heavy atom. The van der Waals surface area contributed by atoms with Gasteiger partial charge >= 0.3 is 5.97 Å². The zero-order valence-electron chi connectivity index (χ0n) is 14.0. The number of hydrogen-bond acceptors (Lipinski definition) is 5. The molecule has 2 N–H and O–H groups in total. The van der Waals surface area contributed by atoms with E-state index in [-0.39, 0.29) is 30.9 Å². The van der Waals surface area contributed by atoms with Gasteiger partial charge in [-0.1, -0.05) is 6.92 Å². The number of aromatic amines is 1. The number of aryl methyl sites for hydroxylation is 3. The minimum absolute atomic E-state index is 0.116. The third-order valence-corrected chi connectivity index (χ3v) is 4.94. The Kier molecular flexibility index (Phi) is 5.71. The summed E-state index contributed by atoms with van der Waals surface area (Å²) in [6.45, 7) is 5.81. The Balaban J connectivity index is 2.13. The van der Waals surface area contributed by atoms with E-state index in [0.717, 1.165) is 10.4 Å². The van der Waals surface area contributed by atoms with E-state index >= 15 is 0 Å². The molecule has 0 aliphatic rings. The Hall–Kier alpha value is -2.22. The van der Waals surface area contributed by atoms with Crippen molar-refractivity contribution in [3.05, 3.63) is 26.6 Å². The number of amides is 1. The molecule has 0 unspecified atom stereocenters. The van der Waals surface area contributed by atoms with Gasteiger partial charge in [0, 0.05) is 24.3 Å². The molecule has 0 atom stereocenters. The third-order valence-electron chi connectivity index (χ3n) is 3.84. The van der Waals surface area contributed by atoms with Crippen molar-refractivity contribution in [1.29, 1.82) is 0 Å². The standard InChI is InChI=1S/C16H21N3O4S/c1-4-7-19(8-13(21)22)12(20)6-5-11-17-15(23)14-9(2)10(3)24-16(14)18-11/h4-8H2,1-3H3,(H,21,22)(H,17,18,23). The smallest absolute Gasteiger partial charge is 0.323 e. The van der Waals surface area contributed by atoms with Crippen LogP contribution in [0, 0.1) is 13.8 Å². The van der Waals surface area contributed by atoms with Gasteiger partial charge < -0.3 is 15.0 Å². The number of hydrogen-bond donors (Lipinski definition) is 2. The van der Waals surface area contributed by atoms with E-state index in [0.29, 0.717) is 29.0 Å². The number of carboxylic acids is 1. The van der Waals surface area contributed by atoms with Crippen LogP contribution in [0.2, 0.25) is 0 Å². The molecule has 0 radical (unpaired) electrons. The minimum Gasteiger partial charge on any atom is -0.480 e. The second-order valence-corrected chi connectivity index (χ2v) is 6.89. The fraction of sp³-hybridized carbons (Fsp3) is 0.500. The number of nitrogens with one attached hydrogen (secondary N) is 1. The maximum Gasteiger partial charge on any atom is 0.323 e. The SMILES string of the molecule is CCCN(CC(=O)O)C(=O)CCc1nc2sc(C)c(C)c2c(=O)[nH]1. The molecule has 2 aromatic heterocycles. The Morgan fingerprint density at radius 2 is 2.04 bits per heavy atom. The predicted molar refractivity (Wildman–Crippen MR) is 92.5 cm³/mol. The van der Waals surface area contributed by atoms with Crippen LogP contribution in [0.1, 0.15) is 36.0 Å². The van der Waals surface area contributed by atoms with Crippen molar-refractivity contribution < 1.29 is 14.7 Å². The molecular weight excluding hydrogens is 330 g/mol. The fourth-order valence-corrected chi connectivity index (χ4v) is 3.58. The topological polar surface area (TPSA) is 103 Å². The van der Waals surface area contributed by atoms with Crippen LogP contribution >= 0.6 is 11.3 Å². The van der Waals surface area contributed by atoms with Crippen molar-refractivity contribution in [2.75, 3.05) is 13.1 Å². The van der Waals surface area contributed by atoms with Gasteiger partial charge in [-0.15, -0.1) is 11.3 Å². The Morgan fingerprint density at radius 1 is 1.33 bits per heavy atom. The fourth-order valence-electron chi connectivity index (χ4n) is 2.53. The molecule has 0 bridgehead atoms. The highest BCUT2D eigenvalue weighted by Gasteiger charge is 2.17. The molecule has 0 fully saturated rings. The van der Waals surface area contributed by atoms with Crippen molar-refractivity contribution in [1.82, 2.24) is 14.9 Å². The molecule has 2 heterocycles. The molecule has 2 rings (SSSR count). The summed E-state index contributed by atoms with van der Waals surface area (Å²) in [5, 5.41) is 9.48. The zero-order valence-corrected chi connectivity index (χ0v) is 14.8. The van der Waals surface area contributed by atoms with Crippen LogP contribution in [0.15, 0.2) is 4.79 Å². The minimum atomic E-state index is -1.03. The molecule has 0 aliphatic carbocycles. The number of carbonyl (C=O) groups excluding carboxylic acids is 1. The maximum absolute atomic E-state index is 12.2. The monoisotopic (exact) mass is 351 g/mol. The molecule has 0 aliphatic heterocycles. The van der Waals surface area contributed by atoms with Crippen LogP contribution in [0.3, 0.4) is 0 Å². The lowest BCUT2D eigenvalue weighted by Crippen LogP contribution is -2.36. The number of H-pyrrole nitrogens is 1. The lowest BCUT2D eigenvalue weighted by Gasteiger charge is -2.19. The summed E-state index contributed by atoms with van der Waals surface area (Å²) in [5.74, 6) is -0.830. The molecule has 0 spiro atoms. The van der Waals surface area contributed by atoms with E-state index in [2.05, 4.69) is 9.97 Å². The lowest BCUT2D eigenvalue weighted by atomic mass is 10.2. The molecule has 130 valence electrons. The highest BCUT2D eigenvalue weighted by molar-refractivity contribution is 7.18. The zero-order chi connectivity index (χ0) is 17.9. The highest BCUT2D eigenvalue weighted by atomic mass is 32.1. The van der Waals surface area contributed by atoms with Gasteiger partial charge in [-0.25, -0.2) is 4.98 Å². The number of carbonyl (C=O) groups is 2. The van der Waals surface area contributed by atoms with Crippen LogP contribution in [-0.4, -0.2) is 44.9 Å². The number of aromatic nitrogens is 2. The lowest BCUT2D eigenvalue weighted by molar-refractivity contribution is -0.144. The Bertz CT molecular complexity index is 825. The predicted octanol–water partition coefficient (Wildman–Crippen LogP) is 1.86. The number of carboxylic acid groups (broad SMARTS) is 1. The summed E-state index contributed by atoms with van der Waals surface area (Å²) in [4.78, 5) is 45.4. The number of aliphatic carboxylic acids is 1. The molecule has 0 aromatic carbocycles. The molecule has 7 nitrogen and oxygen atoms in total. The molecule has 2 aromatic rings. The van der Waals surface area contributed by atoms with Crippen molar-refractivity contribution in [2.45, 2.75) is 40.0 Å². The van der Waals surface area contributed by atoms with Gasteiger partial charge in [0.2, 0.25) is 5.91 Å². The van der Waals surface area contributed by atoms with Gasteiger partial charge in [0.15, 0.2) is 0 Å². The molecule has 24 heavy (non-hydrogen) atoms. The van der Waals surface area contributed by atoms with Gasteiger partial charge in [-0.05, 0) is 25.8 Å². The summed E-state index contributed by atoms with van der Waals surface area (Å²) >= 11 is 1.46. The summed E-state index contributed by atoms with van der Waals surface area (Å²) in [6, 6.07) is 0. The largest absolute Gasteiger partial charge is 0.480 e. The van der Waals surface area contributed by atoms with Crippen LogP contribution in [0.4, 0.5) is 0 Å². The van der Waals surface area contributed by atoms with Crippen molar-refractivity contribution >= 4 is 33.4 Å². The van der Waals surface area contributed by atoms with E-state index in [1.54, 1.807) is 0 Å².